The Bertz CT molecular complexity index is 1270. The highest BCUT2D eigenvalue weighted by atomic mass is 16.7. The predicted molar refractivity (Wildman–Crippen MR) is 169 cm³/mol. The maximum Gasteiger partial charge on any atom is 0.315 e. The molecule has 47 heavy (non-hydrogen) atoms. The quantitative estimate of drug-likeness (QED) is 0.160. The molecule has 0 amide bonds. The van der Waals surface area contributed by atoms with Crippen LogP contribution in [0.5, 0.6) is 0 Å². The van der Waals surface area contributed by atoms with E-state index in [1.54, 1.807) is 6.92 Å². The Morgan fingerprint density at radius 3 is 2.15 bits per heavy atom. The molecule has 4 saturated carbocycles. The lowest BCUT2D eigenvalue weighted by atomic mass is 9.33. The fourth-order valence-electron chi connectivity index (χ4n) is 12.3. The Labute approximate surface area is 278 Å². The summed E-state index contributed by atoms with van der Waals surface area (Å²) in [5.41, 5.74) is -2.27. The number of hydrogen-bond donors (Lipinski definition) is 8. The smallest absolute Gasteiger partial charge is 0.315 e. The maximum absolute atomic E-state index is 14.4. The number of aliphatic hydroxyl groups excluding tert-OH is 8. The Morgan fingerprint density at radius 2 is 1.51 bits per heavy atom. The van der Waals surface area contributed by atoms with Crippen LogP contribution < -0.4 is 0 Å². The molecule has 0 aromatic carbocycles. The van der Waals surface area contributed by atoms with Crippen LogP contribution in [-0.2, 0) is 14.3 Å². The summed E-state index contributed by atoms with van der Waals surface area (Å²) in [6.07, 6.45) is -3.65. The van der Waals surface area contributed by atoms with Gasteiger partial charge in [-0.05, 0) is 84.9 Å². The van der Waals surface area contributed by atoms with Gasteiger partial charge in [0, 0.05) is 11.3 Å². The number of carbonyl (C=O) groups is 1. The minimum absolute atomic E-state index is 0.0374. The molecule has 6 rings (SSSR count). The van der Waals surface area contributed by atoms with Crippen LogP contribution >= 0.6 is 0 Å². The van der Waals surface area contributed by atoms with Crippen molar-refractivity contribution in [2.75, 3.05) is 13.2 Å². The van der Waals surface area contributed by atoms with Gasteiger partial charge >= 0.3 is 5.97 Å². The fourth-order valence-corrected chi connectivity index (χ4v) is 12.3. The minimum atomic E-state index is -1.68. The number of allylic oxidation sites excluding steroid dienone is 2. The second-order valence-corrected chi connectivity index (χ2v) is 18.0. The van der Waals surface area contributed by atoms with Crippen molar-refractivity contribution in [3.8, 4) is 0 Å². The molecule has 0 aromatic heterocycles. The van der Waals surface area contributed by atoms with Crippen molar-refractivity contribution in [2.24, 2.45) is 50.2 Å². The molecular formula is C36H58O11. The highest BCUT2D eigenvalue weighted by molar-refractivity contribution is 5.79. The van der Waals surface area contributed by atoms with Gasteiger partial charge in [-0.25, -0.2) is 0 Å². The lowest BCUT2D eigenvalue weighted by Crippen LogP contribution is -2.71. The summed E-state index contributed by atoms with van der Waals surface area (Å²) < 4.78 is 11.5. The minimum Gasteiger partial charge on any atom is -0.432 e. The van der Waals surface area contributed by atoms with Crippen LogP contribution in [-0.4, -0.2) is 109 Å². The van der Waals surface area contributed by atoms with Crippen LogP contribution in [0, 0.1) is 50.2 Å². The highest BCUT2D eigenvalue weighted by Gasteiger charge is 2.72. The number of esters is 1. The fraction of sp³-hybridized carbons (Fsp3) is 0.917. The SMILES string of the molecule is CC1(C)CC[C@]2(C(=O)O[C@@H]3O[C@H](CO)[C@@H](O)[C@H](O)[C@H]3O)CC[C@]3(C)C(=CCC4[C@@]5(C)C[C@@H](O)[C@H](O)[C@@](C)(CO)C5C(O)C[C@]43C)C2C1. The molecule has 268 valence electrons. The van der Waals surface area contributed by atoms with E-state index in [-0.39, 0.29) is 23.9 Å². The van der Waals surface area contributed by atoms with Crippen molar-refractivity contribution in [1.29, 1.82) is 0 Å². The molecule has 5 aliphatic carbocycles. The van der Waals surface area contributed by atoms with E-state index in [1.165, 1.54) is 5.57 Å². The largest absolute Gasteiger partial charge is 0.432 e. The van der Waals surface area contributed by atoms with Crippen molar-refractivity contribution in [2.45, 2.75) is 142 Å². The molecule has 8 N–H and O–H groups in total. The second kappa shape index (κ2) is 11.4. The number of rotatable bonds is 4. The Balaban J connectivity index is 1.38. The van der Waals surface area contributed by atoms with E-state index in [9.17, 15) is 45.6 Å². The summed E-state index contributed by atoms with van der Waals surface area (Å²) >= 11 is 0. The standard InChI is InChI=1S/C36H58O11/c1-31(2)9-11-36(30(45)47-29-26(43)25(42)24(41)22(16-37)46-29)12-10-34(5)18(19(36)13-31)7-8-23-32(3)14-21(40)28(44)33(4,17-38)27(32)20(39)15-35(23,34)6/h7,19-29,37-44H,8-17H2,1-6H3/t19?,20?,21-,22-,23?,24-,25+,26-,27?,28+,29+,32-,33+,34-,35-,36+/m1/s1. The Kier molecular flexibility index (Phi) is 8.68. The van der Waals surface area contributed by atoms with E-state index < -0.39 is 94.6 Å². The first-order valence-corrected chi connectivity index (χ1v) is 17.6. The number of hydrogen-bond acceptors (Lipinski definition) is 11. The van der Waals surface area contributed by atoms with Crippen molar-refractivity contribution < 1.29 is 55.1 Å². The number of fused-ring (bicyclic) bond motifs is 7. The normalized spacial score (nSPS) is 55.4. The summed E-state index contributed by atoms with van der Waals surface area (Å²) in [6.45, 7) is 11.8. The molecule has 0 bridgehead atoms. The third kappa shape index (κ3) is 4.81. The van der Waals surface area contributed by atoms with Crippen molar-refractivity contribution >= 4 is 5.97 Å². The van der Waals surface area contributed by atoms with Gasteiger partial charge in [0.05, 0.1) is 36.9 Å². The maximum atomic E-state index is 14.4. The molecule has 1 saturated heterocycles. The topological polar surface area (TPSA) is 197 Å². The van der Waals surface area contributed by atoms with E-state index in [1.807, 2.05) is 0 Å². The van der Waals surface area contributed by atoms with Gasteiger partial charge in [-0.3, -0.25) is 4.79 Å². The summed E-state index contributed by atoms with van der Waals surface area (Å²) in [5.74, 6) is -1.09. The van der Waals surface area contributed by atoms with E-state index in [4.69, 9.17) is 9.47 Å². The van der Waals surface area contributed by atoms with Gasteiger partial charge < -0.3 is 50.3 Å². The zero-order chi connectivity index (χ0) is 34.7. The summed E-state index contributed by atoms with van der Waals surface area (Å²) in [5, 5.41) is 85.8. The van der Waals surface area contributed by atoms with Crippen molar-refractivity contribution in [3.63, 3.8) is 0 Å². The van der Waals surface area contributed by atoms with Gasteiger partial charge in [0.15, 0.2) is 0 Å². The molecule has 16 atom stereocenters. The van der Waals surface area contributed by atoms with Crippen LogP contribution in [0.4, 0.5) is 0 Å². The van der Waals surface area contributed by atoms with Crippen LogP contribution in [0.25, 0.3) is 0 Å². The van der Waals surface area contributed by atoms with E-state index >= 15 is 0 Å². The van der Waals surface area contributed by atoms with E-state index in [2.05, 4.69) is 40.7 Å². The first-order valence-electron chi connectivity index (χ1n) is 17.6. The van der Waals surface area contributed by atoms with E-state index in [0.29, 0.717) is 38.5 Å². The Hall–Kier alpha value is -1.15. The zero-order valence-electron chi connectivity index (χ0n) is 28.8. The summed E-state index contributed by atoms with van der Waals surface area (Å²) in [7, 11) is 0. The van der Waals surface area contributed by atoms with Crippen molar-refractivity contribution in [1.82, 2.24) is 0 Å². The summed E-state index contributed by atoms with van der Waals surface area (Å²) in [4.78, 5) is 14.4. The molecule has 0 spiro atoms. The third-order valence-electron chi connectivity index (χ3n) is 15.1. The number of aliphatic hydroxyl groups is 8. The molecule has 5 fully saturated rings. The lowest BCUT2D eigenvalue weighted by molar-refractivity contribution is -0.298. The van der Waals surface area contributed by atoms with Crippen LogP contribution in [0.15, 0.2) is 11.6 Å². The molecule has 0 aromatic rings. The molecule has 1 heterocycles. The van der Waals surface area contributed by atoms with Crippen LogP contribution in [0.2, 0.25) is 0 Å². The predicted octanol–water partition coefficient (Wildman–Crippen LogP) is 1.41. The van der Waals surface area contributed by atoms with Crippen LogP contribution in [0.3, 0.4) is 0 Å². The molecule has 1 aliphatic heterocycles. The van der Waals surface area contributed by atoms with Crippen LogP contribution in [0.1, 0.15) is 92.9 Å². The second-order valence-electron chi connectivity index (χ2n) is 18.0. The molecular weight excluding hydrogens is 608 g/mol. The van der Waals surface area contributed by atoms with Gasteiger partial charge in [0.1, 0.15) is 24.4 Å². The van der Waals surface area contributed by atoms with E-state index in [0.717, 1.165) is 12.8 Å². The lowest BCUT2D eigenvalue weighted by Gasteiger charge is -2.72. The van der Waals surface area contributed by atoms with Gasteiger partial charge in [0.2, 0.25) is 6.29 Å². The first kappa shape index (κ1) is 35.7. The zero-order valence-corrected chi connectivity index (χ0v) is 28.8. The van der Waals surface area contributed by atoms with Gasteiger partial charge in [-0.1, -0.05) is 53.2 Å². The summed E-state index contributed by atoms with van der Waals surface area (Å²) in [6, 6.07) is 0. The first-order chi connectivity index (χ1) is 21.8. The number of ether oxygens (including phenoxy) is 2. The monoisotopic (exact) mass is 666 g/mol. The Morgan fingerprint density at radius 1 is 0.851 bits per heavy atom. The molecule has 11 heteroatoms. The molecule has 6 aliphatic rings. The number of carbonyl (C=O) groups excluding carboxylic acids is 1. The molecule has 0 radical (unpaired) electrons. The third-order valence-corrected chi connectivity index (χ3v) is 15.1. The van der Waals surface area contributed by atoms with Gasteiger partial charge in [-0.2, -0.15) is 0 Å². The average molecular weight is 667 g/mol. The highest BCUT2D eigenvalue weighted by Crippen LogP contribution is 2.75. The van der Waals surface area contributed by atoms with Crippen molar-refractivity contribution in [3.05, 3.63) is 11.6 Å². The molecule has 11 nitrogen and oxygen atoms in total. The van der Waals surface area contributed by atoms with Gasteiger partial charge in [-0.15, -0.1) is 0 Å². The molecule has 4 unspecified atom stereocenters. The van der Waals surface area contributed by atoms with Gasteiger partial charge in [0.25, 0.3) is 0 Å². The average Bonchev–Trinajstić information content (AvgIpc) is 3.00.